The van der Waals surface area contributed by atoms with Crippen molar-refractivity contribution in [3.8, 4) is 17.2 Å². The van der Waals surface area contributed by atoms with E-state index in [0.717, 1.165) is 0 Å². The molecule has 0 radical (unpaired) electrons. The summed E-state index contributed by atoms with van der Waals surface area (Å²) in [4.78, 5) is 11.6. The fourth-order valence-corrected chi connectivity index (χ4v) is 2.20. The number of nitrogens with zero attached hydrogens (tertiary/aromatic N) is 2. The second-order valence-electron chi connectivity index (χ2n) is 4.86. The smallest absolute Gasteiger partial charge is 0.358 e. The van der Waals surface area contributed by atoms with Crippen molar-refractivity contribution in [2.24, 2.45) is 0 Å². The molecule has 0 atom stereocenters. The van der Waals surface area contributed by atoms with Crippen LogP contribution in [0.3, 0.4) is 0 Å². The van der Waals surface area contributed by atoms with Gasteiger partial charge in [-0.15, -0.1) is 0 Å². The number of carboxylic acids is 1. The number of carbonyl (C=O) groups is 1. The summed E-state index contributed by atoms with van der Waals surface area (Å²) < 4.78 is 6.88. The Labute approximate surface area is 132 Å². The van der Waals surface area contributed by atoms with E-state index in [1.165, 1.54) is 10.9 Å². The molecule has 3 aromatic rings. The highest BCUT2D eigenvalue weighted by atomic mass is 16.5. The highest BCUT2D eigenvalue weighted by Gasteiger charge is 2.20. The number of hydrogen-bond donors (Lipinski definition) is 2. The standard InChI is InChI=1S/C17H14N2O4/c20-14-9-5-4-6-12(14)11-19-16(17(21)22)15(10-18-19)23-13-7-2-1-3-8-13/h1-10,20H,11H2,(H,21,22). The summed E-state index contributed by atoms with van der Waals surface area (Å²) >= 11 is 0. The van der Waals surface area contributed by atoms with Gasteiger partial charge in [-0.25, -0.2) is 4.79 Å². The maximum Gasteiger partial charge on any atom is 0.358 e. The molecule has 1 aromatic heterocycles. The molecule has 3 rings (SSSR count). The first-order valence-corrected chi connectivity index (χ1v) is 6.94. The van der Waals surface area contributed by atoms with Crippen molar-refractivity contribution in [3.63, 3.8) is 0 Å². The number of para-hydroxylation sites is 2. The van der Waals surface area contributed by atoms with Crippen LogP contribution < -0.4 is 4.74 Å². The van der Waals surface area contributed by atoms with Crippen LogP contribution >= 0.6 is 0 Å². The lowest BCUT2D eigenvalue weighted by Crippen LogP contribution is -2.11. The van der Waals surface area contributed by atoms with Crippen LogP contribution in [0, 0.1) is 0 Å². The monoisotopic (exact) mass is 310 g/mol. The van der Waals surface area contributed by atoms with Crippen molar-refractivity contribution < 1.29 is 19.7 Å². The topological polar surface area (TPSA) is 84.6 Å². The number of phenols is 1. The summed E-state index contributed by atoms with van der Waals surface area (Å²) in [6, 6.07) is 15.6. The number of aromatic nitrogens is 2. The van der Waals surface area contributed by atoms with Gasteiger partial charge >= 0.3 is 5.97 Å². The molecule has 23 heavy (non-hydrogen) atoms. The van der Waals surface area contributed by atoms with E-state index < -0.39 is 5.97 Å². The molecule has 0 saturated heterocycles. The number of carboxylic acid groups (broad SMARTS) is 1. The maximum atomic E-state index is 11.6. The van der Waals surface area contributed by atoms with Crippen molar-refractivity contribution in [2.75, 3.05) is 0 Å². The molecule has 116 valence electrons. The fourth-order valence-electron chi connectivity index (χ4n) is 2.20. The van der Waals surface area contributed by atoms with Gasteiger partial charge < -0.3 is 14.9 Å². The Balaban J connectivity index is 1.93. The Morgan fingerprint density at radius 2 is 1.78 bits per heavy atom. The van der Waals surface area contributed by atoms with Crippen LogP contribution in [0.25, 0.3) is 0 Å². The Bertz CT molecular complexity index is 828. The first-order chi connectivity index (χ1) is 11.1. The number of hydrogen-bond acceptors (Lipinski definition) is 4. The van der Waals surface area contributed by atoms with E-state index in [-0.39, 0.29) is 23.7 Å². The normalized spacial score (nSPS) is 10.4. The average molecular weight is 310 g/mol. The van der Waals surface area contributed by atoms with Crippen LogP contribution in [0.4, 0.5) is 0 Å². The molecule has 0 saturated carbocycles. The highest BCUT2D eigenvalue weighted by molar-refractivity contribution is 5.89. The molecule has 0 bridgehead atoms. The highest BCUT2D eigenvalue weighted by Crippen LogP contribution is 2.26. The van der Waals surface area contributed by atoms with Gasteiger partial charge in [0.15, 0.2) is 11.4 Å². The average Bonchev–Trinajstić information content (AvgIpc) is 2.93. The largest absolute Gasteiger partial charge is 0.508 e. The van der Waals surface area contributed by atoms with Gasteiger partial charge in [-0.1, -0.05) is 36.4 Å². The molecule has 0 aliphatic rings. The molecule has 0 fully saturated rings. The Hall–Kier alpha value is -3.28. The van der Waals surface area contributed by atoms with Crippen molar-refractivity contribution >= 4 is 5.97 Å². The van der Waals surface area contributed by atoms with Crippen molar-refractivity contribution in [2.45, 2.75) is 6.54 Å². The summed E-state index contributed by atoms with van der Waals surface area (Å²) in [6.45, 7) is 0.131. The zero-order valence-corrected chi connectivity index (χ0v) is 12.1. The van der Waals surface area contributed by atoms with Gasteiger partial charge in [0, 0.05) is 5.56 Å². The van der Waals surface area contributed by atoms with Crippen molar-refractivity contribution in [1.29, 1.82) is 0 Å². The lowest BCUT2D eigenvalue weighted by Gasteiger charge is -2.08. The molecule has 2 N–H and O–H groups in total. The predicted molar refractivity (Wildman–Crippen MR) is 82.9 cm³/mol. The second-order valence-corrected chi connectivity index (χ2v) is 4.86. The molecule has 0 aliphatic carbocycles. The lowest BCUT2D eigenvalue weighted by atomic mass is 10.2. The van der Waals surface area contributed by atoms with Gasteiger partial charge in [0.05, 0.1) is 12.7 Å². The molecule has 6 heteroatoms. The maximum absolute atomic E-state index is 11.6. The van der Waals surface area contributed by atoms with E-state index in [2.05, 4.69) is 5.10 Å². The minimum Gasteiger partial charge on any atom is -0.508 e. The van der Waals surface area contributed by atoms with Crippen molar-refractivity contribution in [1.82, 2.24) is 9.78 Å². The lowest BCUT2D eigenvalue weighted by molar-refractivity contribution is 0.0681. The van der Waals surface area contributed by atoms with E-state index in [1.807, 2.05) is 6.07 Å². The third-order valence-corrected chi connectivity index (χ3v) is 3.29. The molecular formula is C17H14N2O4. The third kappa shape index (κ3) is 3.16. The Morgan fingerprint density at radius 3 is 2.48 bits per heavy atom. The Morgan fingerprint density at radius 1 is 1.09 bits per heavy atom. The van der Waals surface area contributed by atoms with E-state index in [1.54, 1.807) is 48.5 Å². The molecule has 0 aliphatic heterocycles. The number of benzene rings is 2. The van der Waals surface area contributed by atoms with Gasteiger partial charge in [0.2, 0.25) is 0 Å². The summed E-state index contributed by atoms with van der Waals surface area (Å²) in [7, 11) is 0. The fraction of sp³-hybridized carbons (Fsp3) is 0.0588. The number of rotatable bonds is 5. The summed E-state index contributed by atoms with van der Waals surface area (Å²) in [5.41, 5.74) is 0.501. The number of ether oxygens (including phenoxy) is 1. The third-order valence-electron chi connectivity index (χ3n) is 3.29. The molecule has 0 spiro atoms. The van der Waals surface area contributed by atoms with Gasteiger partial charge in [-0.3, -0.25) is 4.68 Å². The van der Waals surface area contributed by atoms with Gasteiger partial charge in [-0.2, -0.15) is 5.10 Å². The van der Waals surface area contributed by atoms with E-state index in [9.17, 15) is 15.0 Å². The van der Waals surface area contributed by atoms with Gasteiger partial charge in [0.25, 0.3) is 0 Å². The van der Waals surface area contributed by atoms with E-state index in [0.29, 0.717) is 11.3 Å². The number of aromatic hydroxyl groups is 1. The van der Waals surface area contributed by atoms with Crippen molar-refractivity contribution in [3.05, 3.63) is 72.1 Å². The molecular weight excluding hydrogens is 296 g/mol. The van der Waals surface area contributed by atoms with Crippen LogP contribution in [0.1, 0.15) is 16.1 Å². The number of phenolic OH excluding ortho intramolecular Hbond substituents is 1. The molecule has 6 nitrogen and oxygen atoms in total. The molecule has 1 heterocycles. The van der Waals surface area contributed by atoms with E-state index >= 15 is 0 Å². The molecule has 2 aromatic carbocycles. The quantitative estimate of drug-likeness (QED) is 0.756. The molecule has 0 amide bonds. The molecule has 0 unspecified atom stereocenters. The minimum atomic E-state index is -1.15. The zero-order chi connectivity index (χ0) is 16.2. The van der Waals surface area contributed by atoms with Crippen LogP contribution in [-0.2, 0) is 6.54 Å². The minimum absolute atomic E-state index is 0.0721. The summed E-state index contributed by atoms with van der Waals surface area (Å²) in [5.74, 6) is -0.384. The Kier molecular flexibility index (Phi) is 3.97. The van der Waals surface area contributed by atoms with Crippen LogP contribution in [0.15, 0.2) is 60.8 Å². The second kappa shape index (κ2) is 6.23. The van der Waals surface area contributed by atoms with Gasteiger partial charge in [0.1, 0.15) is 11.5 Å². The van der Waals surface area contributed by atoms with Crippen LogP contribution in [0.5, 0.6) is 17.2 Å². The van der Waals surface area contributed by atoms with E-state index in [4.69, 9.17) is 4.74 Å². The van der Waals surface area contributed by atoms with Crippen LogP contribution in [0.2, 0.25) is 0 Å². The predicted octanol–water partition coefficient (Wildman–Crippen LogP) is 3.13. The zero-order valence-electron chi connectivity index (χ0n) is 12.1. The first-order valence-electron chi connectivity index (χ1n) is 6.94. The summed E-state index contributed by atoms with van der Waals surface area (Å²) in [5, 5.41) is 23.4. The number of aromatic carboxylic acids is 1. The first kappa shape index (κ1) is 14.6. The van der Waals surface area contributed by atoms with Gasteiger partial charge in [-0.05, 0) is 18.2 Å². The SMILES string of the molecule is O=C(O)c1c(Oc2ccccc2)cnn1Cc1ccccc1O. The summed E-state index contributed by atoms with van der Waals surface area (Å²) in [6.07, 6.45) is 1.36. The van der Waals surface area contributed by atoms with Crippen LogP contribution in [-0.4, -0.2) is 26.0 Å².